The molecule has 1 aliphatic carbocycles. The van der Waals surface area contributed by atoms with Gasteiger partial charge in [-0.3, -0.25) is 9.59 Å². The van der Waals surface area contributed by atoms with Crippen LogP contribution >= 0.6 is 0 Å². The summed E-state index contributed by atoms with van der Waals surface area (Å²) >= 11 is 0. The van der Waals surface area contributed by atoms with Gasteiger partial charge in [-0.2, -0.15) is 0 Å². The van der Waals surface area contributed by atoms with E-state index in [0.29, 0.717) is 11.3 Å². The highest BCUT2D eigenvalue weighted by atomic mass is 16.5. The monoisotopic (exact) mass is 381 g/mol. The highest BCUT2D eigenvalue weighted by Crippen LogP contribution is 2.38. The summed E-state index contributed by atoms with van der Waals surface area (Å²) in [5, 5.41) is 12.4. The molecule has 0 heterocycles. The molecular formula is C23H27NO4. The number of benzene rings is 2. The van der Waals surface area contributed by atoms with Crippen molar-refractivity contribution in [2.45, 2.75) is 57.1 Å². The van der Waals surface area contributed by atoms with E-state index in [9.17, 15) is 14.7 Å². The van der Waals surface area contributed by atoms with Crippen LogP contribution in [0.25, 0.3) is 0 Å². The topological polar surface area (TPSA) is 75.6 Å². The van der Waals surface area contributed by atoms with E-state index in [1.165, 1.54) is 0 Å². The summed E-state index contributed by atoms with van der Waals surface area (Å²) in [6.07, 6.45) is 4.50. The summed E-state index contributed by atoms with van der Waals surface area (Å²) in [5.41, 5.74) is 0.771. The van der Waals surface area contributed by atoms with Gasteiger partial charge in [-0.25, -0.2) is 0 Å². The number of aliphatic carboxylic acids is 1. The second-order valence-corrected chi connectivity index (χ2v) is 7.52. The molecular weight excluding hydrogens is 354 g/mol. The second-order valence-electron chi connectivity index (χ2n) is 7.52. The van der Waals surface area contributed by atoms with Crippen molar-refractivity contribution in [3.8, 4) is 5.75 Å². The molecule has 0 aliphatic heterocycles. The Morgan fingerprint density at radius 1 is 1.04 bits per heavy atom. The number of amides is 1. The zero-order valence-electron chi connectivity index (χ0n) is 16.2. The van der Waals surface area contributed by atoms with Gasteiger partial charge in [-0.1, -0.05) is 42.8 Å². The summed E-state index contributed by atoms with van der Waals surface area (Å²) in [6.45, 7) is 1.91. The maximum Gasteiger partial charge on any atom is 0.307 e. The summed E-state index contributed by atoms with van der Waals surface area (Å²) in [5.74, 6) is -0.350. The molecule has 1 atom stereocenters. The fourth-order valence-corrected chi connectivity index (χ4v) is 3.90. The van der Waals surface area contributed by atoms with E-state index in [1.807, 2.05) is 49.4 Å². The van der Waals surface area contributed by atoms with Crippen LogP contribution in [0.3, 0.4) is 0 Å². The number of rotatable bonds is 7. The average molecular weight is 381 g/mol. The van der Waals surface area contributed by atoms with E-state index < -0.39 is 11.6 Å². The van der Waals surface area contributed by atoms with E-state index >= 15 is 0 Å². The number of carboxylic acids is 1. The standard InChI is InChI=1S/C23H27NO4/c1-17(24-22(27)18-10-4-2-5-11-18)19-12-6-7-13-20(19)28-23(16-21(25)26)14-8-3-9-15-23/h2,4-7,10-13,17H,3,8-9,14-16H2,1H3,(H,24,27)(H,25,26). The Hall–Kier alpha value is -2.82. The minimum atomic E-state index is -0.843. The van der Waals surface area contributed by atoms with Gasteiger partial charge in [0.05, 0.1) is 12.5 Å². The molecule has 1 aliphatic rings. The molecule has 148 valence electrons. The lowest BCUT2D eigenvalue weighted by molar-refractivity contribution is -0.142. The van der Waals surface area contributed by atoms with Gasteiger partial charge in [0.25, 0.3) is 5.91 Å². The van der Waals surface area contributed by atoms with E-state index in [1.54, 1.807) is 12.1 Å². The molecule has 5 nitrogen and oxygen atoms in total. The first kappa shape index (κ1) is 19.9. The minimum absolute atomic E-state index is 0.00785. The Bertz CT molecular complexity index is 812. The predicted octanol–water partition coefficient (Wildman–Crippen LogP) is 4.73. The molecule has 2 aromatic rings. The molecule has 0 radical (unpaired) electrons. The number of para-hydroxylation sites is 1. The van der Waals surface area contributed by atoms with E-state index in [-0.39, 0.29) is 18.4 Å². The molecule has 1 amide bonds. The smallest absolute Gasteiger partial charge is 0.307 e. The number of carbonyl (C=O) groups is 2. The summed E-state index contributed by atoms with van der Waals surface area (Å²) in [4.78, 5) is 24.0. The van der Waals surface area contributed by atoms with Crippen LogP contribution in [0.2, 0.25) is 0 Å². The van der Waals surface area contributed by atoms with Crippen LogP contribution in [-0.4, -0.2) is 22.6 Å². The van der Waals surface area contributed by atoms with Gasteiger partial charge in [0, 0.05) is 11.1 Å². The third-order valence-electron chi connectivity index (χ3n) is 5.33. The van der Waals surface area contributed by atoms with Gasteiger partial charge in [0.15, 0.2) is 0 Å². The van der Waals surface area contributed by atoms with Crippen molar-refractivity contribution < 1.29 is 19.4 Å². The van der Waals surface area contributed by atoms with Crippen molar-refractivity contribution in [2.24, 2.45) is 0 Å². The number of carboxylic acid groups (broad SMARTS) is 1. The third-order valence-corrected chi connectivity index (χ3v) is 5.33. The highest BCUT2D eigenvalue weighted by molar-refractivity contribution is 5.94. The molecule has 1 saturated carbocycles. The van der Waals surface area contributed by atoms with Crippen molar-refractivity contribution in [3.63, 3.8) is 0 Å². The lowest BCUT2D eigenvalue weighted by atomic mass is 9.82. The Labute approximate surface area is 165 Å². The molecule has 2 N–H and O–H groups in total. The number of nitrogens with one attached hydrogen (secondary N) is 1. The number of ether oxygens (including phenoxy) is 1. The summed E-state index contributed by atoms with van der Waals surface area (Å²) in [7, 11) is 0. The zero-order chi connectivity index (χ0) is 20.0. The molecule has 5 heteroatoms. The van der Waals surface area contributed by atoms with Crippen LogP contribution in [0, 0.1) is 0 Å². The molecule has 0 bridgehead atoms. The maximum atomic E-state index is 12.5. The fourth-order valence-electron chi connectivity index (χ4n) is 3.90. The summed E-state index contributed by atoms with van der Waals surface area (Å²) in [6, 6.07) is 16.4. The van der Waals surface area contributed by atoms with Crippen molar-refractivity contribution in [3.05, 3.63) is 65.7 Å². The van der Waals surface area contributed by atoms with Gasteiger partial charge < -0.3 is 15.2 Å². The van der Waals surface area contributed by atoms with Crippen molar-refractivity contribution in [1.82, 2.24) is 5.32 Å². The van der Waals surface area contributed by atoms with E-state index in [4.69, 9.17) is 4.74 Å². The molecule has 1 fully saturated rings. The minimum Gasteiger partial charge on any atom is -0.486 e. The molecule has 0 saturated heterocycles. The van der Waals surface area contributed by atoms with Crippen molar-refractivity contribution >= 4 is 11.9 Å². The quantitative estimate of drug-likeness (QED) is 0.727. The number of carbonyl (C=O) groups excluding carboxylic acids is 1. The molecule has 0 spiro atoms. The van der Waals surface area contributed by atoms with Gasteiger partial charge in [-0.05, 0) is 50.8 Å². The summed E-state index contributed by atoms with van der Waals surface area (Å²) < 4.78 is 6.36. The van der Waals surface area contributed by atoms with Crippen LogP contribution in [0.1, 0.15) is 67.4 Å². The normalized spacial score (nSPS) is 16.8. The van der Waals surface area contributed by atoms with Crippen LogP contribution in [0.15, 0.2) is 54.6 Å². The van der Waals surface area contributed by atoms with E-state index in [2.05, 4.69) is 5.32 Å². The largest absolute Gasteiger partial charge is 0.486 e. The van der Waals surface area contributed by atoms with Gasteiger partial charge in [-0.15, -0.1) is 0 Å². The Balaban J connectivity index is 1.80. The van der Waals surface area contributed by atoms with Crippen LogP contribution < -0.4 is 10.1 Å². The fraction of sp³-hybridized carbons (Fsp3) is 0.391. The number of hydrogen-bond donors (Lipinski definition) is 2. The van der Waals surface area contributed by atoms with Crippen LogP contribution in [-0.2, 0) is 4.79 Å². The molecule has 2 aromatic carbocycles. The number of hydrogen-bond acceptors (Lipinski definition) is 3. The molecule has 28 heavy (non-hydrogen) atoms. The van der Waals surface area contributed by atoms with Gasteiger partial charge >= 0.3 is 5.97 Å². The molecule has 0 aromatic heterocycles. The zero-order valence-corrected chi connectivity index (χ0v) is 16.2. The second kappa shape index (κ2) is 8.91. The Morgan fingerprint density at radius 2 is 1.68 bits per heavy atom. The first-order chi connectivity index (χ1) is 13.5. The lowest BCUT2D eigenvalue weighted by Gasteiger charge is -2.37. The highest BCUT2D eigenvalue weighted by Gasteiger charge is 2.37. The van der Waals surface area contributed by atoms with Crippen molar-refractivity contribution in [2.75, 3.05) is 0 Å². The van der Waals surface area contributed by atoms with Gasteiger partial charge in [0.2, 0.25) is 0 Å². The first-order valence-corrected chi connectivity index (χ1v) is 9.85. The Kier molecular flexibility index (Phi) is 6.34. The van der Waals surface area contributed by atoms with Gasteiger partial charge in [0.1, 0.15) is 11.4 Å². The van der Waals surface area contributed by atoms with Crippen LogP contribution in [0.5, 0.6) is 5.75 Å². The van der Waals surface area contributed by atoms with E-state index in [0.717, 1.165) is 37.7 Å². The lowest BCUT2D eigenvalue weighted by Crippen LogP contribution is -2.41. The molecule has 1 unspecified atom stereocenters. The first-order valence-electron chi connectivity index (χ1n) is 9.85. The predicted molar refractivity (Wildman–Crippen MR) is 107 cm³/mol. The Morgan fingerprint density at radius 3 is 2.36 bits per heavy atom. The van der Waals surface area contributed by atoms with Crippen LogP contribution in [0.4, 0.5) is 0 Å². The average Bonchev–Trinajstić information content (AvgIpc) is 2.69. The maximum absolute atomic E-state index is 12.5. The van der Waals surface area contributed by atoms with Crippen molar-refractivity contribution in [1.29, 1.82) is 0 Å². The SMILES string of the molecule is CC(NC(=O)c1ccccc1)c1ccccc1OC1(CC(=O)O)CCCCC1. The molecule has 3 rings (SSSR count). The third kappa shape index (κ3) is 4.91.